The van der Waals surface area contributed by atoms with Crippen LogP contribution in [-0.2, 0) is 10.2 Å². The van der Waals surface area contributed by atoms with Gasteiger partial charge in [0.15, 0.2) is 17.5 Å². The zero-order valence-electron chi connectivity index (χ0n) is 15.2. The Hall–Kier alpha value is -1.65. The van der Waals surface area contributed by atoms with Gasteiger partial charge in [0.05, 0.1) is 0 Å². The number of nitrogens with zero attached hydrogens (tertiary/aromatic N) is 3. The van der Waals surface area contributed by atoms with Gasteiger partial charge in [-0.25, -0.2) is 13.2 Å². The summed E-state index contributed by atoms with van der Waals surface area (Å²) in [6.45, 7) is 0.972. The second-order valence-electron chi connectivity index (χ2n) is 7.16. The molecule has 0 spiro atoms. The lowest BCUT2D eigenvalue weighted by molar-refractivity contribution is 0.0328. The normalized spacial score (nSPS) is 24.1. The van der Waals surface area contributed by atoms with Crippen LogP contribution in [0.1, 0.15) is 29.6 Å². The van der Waals surface area contributed by atoms with Gasteiger partial charge in [-0.2, -0.15) is 17.0 Å². The SMILES string of the molecule is CN(C)S(=O)(=O)N1CC[C@@H]2[C@@H](CCCN2C(=O)c2cc(F)c(F)c(F)c2)C1. The van der Waals surface area contributed by atoms with Crippen LogP contribution in [0.25, 0.3) is 0 Å². The van der Waals surface area contributed by atoms with Gasteiger partial charge >= 0.3 is 0 Å². The van der Waals surface area contributed by atoms with Crippen molar-refractivity contribution in [3.8, 4) is 0 Å². The second kappa shape index (κ2) is 7.40. The summed E-state index contributed by atoms with van der Waals surface area (Å²) < 4.78 is 67.4. The van der Waals surface area contributed by atoms with E-state index in [1.54, 1.807) is 4.90 Å². The zero-order valence-corrected chi connectivity index (χ0v) is 16.0. The summed E-state index contributed by atoms with van der Waals surface area (Å²) in [6, 6.07) is 1.20. The molecule has 1 aromatic rings. The Morgan fingerprint density at radius 1 is 1.11 bits per heavy atom. The second-order valence-corrected chi connectivity index (χ2v) is 9.30. The molecule has 2 fully saturated rings. The van der Waals surface area contributed by atoms with Crippen LogP contribution in [0.15, 0.2) is 12.1 Å². The molecule has 0 bridgehead atoms. The fourth-order valence-corrected chi connectivity index (χ4v) is 5.09. The predicted molar refractivity (Wildman–Crippen MR) is 92.7 cm³/mol. The molecule has 2 aliphatic heterocycles. The molecule has 150 valence electrons. The summed E-state index contributed by atoms with van der Waals surface area (Å²) >= 11 is 0. The largest absolute Gasteiger partial charge is 0.335 e. The Balaban J connectivity index is 1.80. The summed E-state index contributed by atoms with van der Waals surface area (Å²) in [7, 11) is -0.598. The standard InChI is InChI=1S/C17H22F3N3O3S/c1-21(2)27(25,26)22-7-5-15-11(10-22)4-3-6-23(15)17(24)12-8-13(18)16(20)14(19)9-12/h8-9,11,15H,3-7,10H2,1-2H3/t11-,15+/m0/s1. The predicted octanol–water partition coefficient (Wildman–Crippen LogP) is 1.84. The number of carbonyl (C=O) groups is 1. The van der Waals surface area contributed by atoms with Crippen molar-refractivity contribution in [2.24, 2.45) is 5.92 Å². The highest BCUT2D eigenvalue weighted by Gasteiger charge is 2.41. The van der Waals surface area contributed by atoms with E-state index in [9.17, 15) is 26.4 Å². The van der Waals surface area contributed by atoms with Crippen LogP contribution in [0, 0.1) is 23.4 Å². The molecule has 3 rings (SSSR count). The lowest BCUT2D eigenvalue weighted by Gasteiger charge is -2.47. The van der Waals surface area contributed by atoms with Crippen LogP contribution >= 0.6 is 0 Å². The van der Waals surface area contributed by atoms with Gasteiger partial charge in [0, 0.05) is 45.3 Å². The van der Waals surface area contributed by atoms with E-state index in [2.05, 4.69) is 0 Å². The number of hydrogen-bond acceptors (Lipinski definition) is 3. The van der Waals surface area contributed by atoms with Crippen molar-refractivity contribution < 1.29 is 26.4 Å². The third-order valence-corrected chi connectivity index (χ3v) is 7.22. The molecule has 2 aliphatic rings. The monoisotopic (exact) mass is 405 g/mol. The zero-order chi connectivity index (χ0) is 19.9. The summed E-state index contributed by atoms with van der Waals surface area (Å²) in [4.78, 5) is 14.3. The van der Waals surface area contributed by atoms with Crippen molar-refractivity contribution in [1.29, 1.82) is 0 Å². The van der Waals surface area contributed by atoms with Crippen molar-refractivity contribution in [1.82, 2.24) is 13.5 Å². The minimum absolute atomic E-state index is 0.0543. The van der Waals surface area contributed by atoms with E-state index in [0.29, 0.717) is 38.1 Å². The fourth-order valence-electron chi connectivity index (χ4n) is 3.91. The van der Waals surface area contributed by atoms with E-state index in [1.165, 1.54) is 18.4 Å². The molecule has 2 atom stereocenters. The van der Waals surface area contributed by atoms with Crippen LogP contribution in [0.2, 0.25) is 0 Å². The number of fused-ring (bicyclic) bond motifs is 1. The lowest BCUT2D eigenvalue weighted by Crippen LogP contribution is -2.57. The summed E-state index contributed by atoms with van der Waals surface area (Å²) in [5.41, 5.74) is -0.240. The van der Waals surface area contributed by atoms with Gasteiger partial charge in [-0.05, 0) is 37.3 Å². The van der Waals surface area contributed by atoms with Crippen LogP contribution in [0.4, 0.5) is 13.2 Å². The van der Waals surface area contributed by atoms with E-state index in [0.717, 1.165) is 10.7 Å². The van der Waals surface area contributed by atoms with Gasteiger partial charge in [0.25, 0.3) is 16.1 Å². The molecule has 0 aliphatic carbocycles. The van der Waals surface area contributed by atoms with Gasteiger partial charge in [-0.3, -0.25) is 4.79 Å². The van der Waals surface area contributed by atoms with Crippen LogP contribution in [0.3, 0.4) is 0 Å². The third kappa shape index (κ3) is 3.70. The Morgan fingerprint density at radius 2 is 1.74 bits per heavy atom. The minimum atomic E-state index is -3.53. The number of halogens is 3. The van der Waals surface area contributed by atoms with Crippen LogP contribution < -0.4 is 0 Å². The van der Waals surface area contributed by atoms with E-state index >= 15 is 0 Å². The first-order chi connectivity index (χ1) is 12.6. The molecule has 2 saturated heterocycles. The average molecular weight is 405 g/mol. The molecule has 0 aromatic heterocycles. The lowest BCUT2D eigenvalue weighted by atomic mass is 9.84. The molecular weight excluding hydrogens is 383 g/mol. The van der Waals surface area contributed by atoms with Gasteiger partial charge in [0.1, 0.15) is 0 Å². The highest BCUT2D eigenvalue weighted by Crippen LogP contribution is 2.33. The smallest absolute Gasteiger partial charge is 0.281 e. The molecule has 0 N–H and O–H groups in total. The number of benzene rings is 1. The van der Waals surface area contributed by atoms with Gasteiger partial charge in [-0.1, -0.05) is 0 Å². The van der Waals surface area contributed by atoms with Crippen LogP contribution in [-0.4, -0.2) is 67.6 Å². The Kier molecular flexibility index (Phi) is 5.51. The molecule has 2 heterocycles. The third-order valence-electron chi connectivity index (χ3n) is 5.31. The van der Waals surface area contributed by atoms with Gasteiger partial charge in [-0.15, -0.1) is 0 Å². The summed E-state index contributed by atoms with van der Waals surface area (Å²) in [5, 5.41) is 0. The quantitative estimate of drug-likeness (QED) is 0.721. The molecule has 0 radical (unpaired) electrons. The van der Waals surface area contributed by atoms with Crippen molar-refractivity contribution in [2.45, 2.75) is 25.3 Å². The highest BCUT2D eigenvalue weighted by molar-refractivity contribution is 7.86. The Bertz CT molecular complexity index is 824. The molecular formula is C17H22F3N3O3S. The minimum Gasteiger partial charge on any atom is -0.335 e. The molecule has 6 nitrogen and oxygen atoms in total. The maximum Gasteiger partial charge on any atom is 0.281 e. The van der Waals surface area contributed by atoms with E-state index in [4.69, 9.17) is 0 Å². The molecule has 1 aromatic carbocycles. The van der Waals surface area contributed by atoms with Crippen molar-refractivity contribution in [2.75, 3.05) is 33.7 Å². The average Bonchev–Trinajstić information content (AvgIpc) is 2.63. The van der Waals surface area contributed by atoms with Crippen LogP contribution in [0.5, 0.6) is 0 Å². The van der Waals surface area contributed by atoms with E-state index in [1.807, 2.05) is 0 Å². The summed E-state index contributed by atoms with van der Waals surface area (Å²) in [6.07, 6.45) is 1.87. The highest BCUT2D eigenvalue weighted by atomic mass is 32.2. The fraction of sp³-hybridized carbons (Fsp3) is 0.588. The van der Waals surface area contributed by atoms with Crippen molar-refractivity contribution >= 4 is 16.1 Å². The number of carbonyl (C=O) groups excluding carboxylic acids is 1. The number of piperidine rings is 2. The first-order valence-electron chi connectivity index (χ1n) is 8.76. The van der Waals surface area contributed by atoms with Crippen molar-refractivity contribution in [3.05, 3.63) is 35.1 Å². The van der Waals surface area contributed by atoms with Gasteiger partial charge in [0.2, 0.25) is 0 Å². The first-order valence-corrected chi connectivity index (χ1v) is 10.2. The summed E-state index contributed by atoms with van der Waals surface area (Å²) in [5.74, 6) is -5.03. The number of amides is 1. The molecule has 0 unspecified atom stereocenters. The molecule has 10 heteroatoms. The maximum atomic E-state index is 13.5. The molecule has 0 saturated carbocycles. The Morgan fingerprint density at radius 3 is 2.33 bits per heavy atom. The van der Waals surface area contributed by atoms with Crippen molar-refractivity contribution in [3.63, 3.8) is 0 Å². The Labute approximate surface area is 156 Å². The van der Waals surface area contributed by atoms with Gasteiger partial charge < -0.3 is 4.90 Å². The number of hydrogen-bond donors (Lipinski definition) is 0. The topological polar surface area (TPSA) is 60.9 Å². The van der Waals surface area contributed by atoms with E-state index < -0.39 is 33.6 Å². The molecule has 1 amide bonds. The molecule has 27 heavy (non-hydrogen) atoms. The van der Waals surface area contributed by atoms with E-state index in [-0.39, 0.29) is 24.1 Å². The first kappa shape index (κ1) is 20.1. The number of rotatable bonds is 3. The maximum absolute atomic E-state index is 13.5. The number of likely N-dealkylation sites (tertiary alicyclic amines) is 1.